The molecule has 0 bridgehead atoms. The lowest BCUT2D eigenvalue weighted by Gasteiger charge is -2.12. The topological polar surface area (TPSA) is 47.0 Å². The molecule has 4 rings (SSSR count). The molecule has 118 valence electrons. The third kappa shape index (κ3) is 2.94. The third-order valence-corrected chi connectivity index (χ3v) is 5.14. The normalized spacial score (nSPS) is 17.7. The number of nitrogens with zero attached hydrogens (tertiary/aromatic N) is 2. The van der Waals surface area contributed by atoms with Crippen LogP contribution in [-0.4, -0.2) is 29.2 Å². The number of rotatable bonds is 4. The van der Waals surface area contributed by atoms with Crippen molar-refractivity contribution in [1.82, 2.24) is 9.97 Å². The zero-order chi connectivity index (χ0) is 15.6. The van der Waals surface area contributed by atoms with Crippen molar-refractivity contribution in [3.63, 3.8) is 0 Å². The number of benzene rings is 1. The third-order valence-electron chi connectivity index (χ3n) is 4.25. The summed E-state index contributed by atoms with van der Waals surface area (Å²) < 4.78 is 5.69. The average molecular weight is 325 g/mol. The van der Waals surface area contributed by atoms with Crippen molar-refractivity contribution in [2.45, 2.75) is 25.9 Å². The Bertz CT molecular complexity index is 807. The fraction of sp³-hybridized carbons (Fsp3) is 0.333. The van der Waals surface area contributed by atoms with Crippen LogP contribution in [0.3, 0.4) is 0 Å². The van der Waals surface area contributed by atoms with Gasteiger partial charge in [-0.05, 0) is 25.3 Å². The van der Waals surface area contributed by atoms with E-state index in [1.807, 2.05) is 0 Å². The number of aryl methyl sites for hydroxylation is 1. The lowest BCUT2D eigenvalue weighted by molar-refractivity contribution is 0.120. The van der Waals surface area contributed by atoms with E-state index < -0.39 is 0 Å². The molecule has 1 aliphatic rings. The summed E-state index contributed by atoms with van der Waals surface area (Å²) in [4.78, 5) is 9.91. The van der Waals surface area contributed by atoms with Gasteiger partial charge in [0.15, 0.2) is 0 Å². The van der Waals surface area contributed by atoms with E-state index in [0.29, 0.717) is 6.10 Å². The Morgan fingerprint density at radius 1 is 1.26 bits per heavy atom. The Balaban J connectivity index is 1.69. The van der Waals surface area contributed by atoms with Crippen molar-refractivity contribution in [2.24, 2.45) is 0 Å². The largest absolute Gasteiger partial charge is 0.376 e. The van der Waals surface area contributed by atoms with Crippen LogP contribution >= 0.6 is 11.3 Å². The molecule has 1 aromatic carbocycles. The predicted octanol–water partition coefficient (Wildman–Crippen LogP) is 4.26. The minimum Gasteiger partial charge on any atom is -0.376 e. The average Bonchev–Trinajstić information content (AvgIpc) is 3.23. The monoisotopic (exact) mass is 325 g/mol. The first kappa shape index (κ1) is 14.6. The van der Waals surface area contributed by atoms with Gasteiger partial charge in [0, 0.05) is 24.1 Å². The molecular formula is C18H19N3OS. The predicted molar refractivity (Wildman–Crippen MR) is 95.1 cm³/mol. The van der Waals surface area contributed by atoms with Crippen LogP contribution in [0.2, 0.25) is 0 Å². The van der Waals surface area contributed by atoms with Gasteiger partial charge in [0.05, 0.1) is 11.5 Å². The molecule has 0 amide bonds. The Kier molecular flexibility index (Phi) is 3.97. The number of hydrogen-bond acceptors (Lipinski definition) is 5. The number of thiophene rings is 1. The first-order chi connectivity index (χ1) is 11.3. The fourth-order valence-electron chi connectivity index (χ4n) is 2.97. The number of fused-ring (bicyclic) bond motifs is 1. The lowest BCUT2D eigenvalue weighted by Crippen LogP contribution is -2.19. The number of hydrogen-bond donors (Lipinski definition) is 1. The summed E-state index contributed by atoms with van der Waals surface area (Å²) in [5, 5.41) is 6.75. The van der Waals surface area contributed by atoms with Crippen LogP contribution in [0.25, 0.3) is 21.3 Å². The van der Waals surface area contributed by atoms with E-state index in [0.717, 1.165) is 42.0 Å². The van der Waals surface area contributed by atoms with E-state index in [-0.39, 0.29) is 0 Å². The van der Waals surface area contributed by atoms with E-state index in [9.17, 15) is 0 Å². The van der Waals surface area contributed by atoms with Crippen LogP contribution in [0.1, 0.15) is 18.4 Å². The second kappa shape index (κ2) is 6.26. The molecule has 3 aromatic rings. The van der Waals surface area contributed by atoms with E-state index in [2.05, 4.69) is 51.9 Å². The van der Waals surface area contributed by atoms with Gasteiger partial charge in [-0.15, -0.1) is 11.3 Å². The molecule has 0 radical (unpaired) electrons. The van der Waals surface area contributed by atoms with Gasteiger partial charge >= 0.3 is 0 Å². The highest BCUT2D eigenvalue weighted by Crippen LogP contribution is 2.36. The summed E-state index contributed by atoms with van der Waals surface area (Å²) in [5.74, 6) is 0.905. The van der Waals surface area contributed by atoms with Gasteiger partial charge in [-0.25, -0.2) is 9.97 Å². The van der Waals surface area contributed by atoms with Crippen molar-refractivity contribution in [1.29, 1.82) is 0 Å². The number of anilines is 1. The molecule has 23 heavy (non-hydrogen) atoms. The maximum absolute atomic E-state index is 5.69. The summed E-state index contributed by atoms with van der Waals surface area (Å²) >= 11 is 1.66. The first-order valence-electron chi connectivity index (χ1n) is 7.96. The van der Waals surface area contributed by atoms with Gasteiger partial charge in [-0.3, -0.25) is 0 Å². The highest BCUT2D eigenvalue weighted by atomic mass is 32.1. The molecule has 5 heteroatoms. The van der Waals surface area contributed by atoms with Crippen LogP contribution in [-0.2, 0) is 4.74 Å². The van der Waals surface area contributed by atoms with Crippen molar-refractivity contribution in [2.75, 3.05) is 18.5 Å². The Morgan fingerprint density at radius 3 is 2.91 bits per heavy atom. The highest BCUT2D eigenvalue weighted by Gasteiger charge is 2.17. The van der Waals surface area contributed by atoms with Crippen molar-refractivity contribution in [3.05, 3.63) is 41.5 Å². The maximum atomic E-state index is 5.69. The molecule has 1 atom stereocenters. The molecule has 1 aliphatic heterocycles. The maximum Gasteiger partial charge on any atom is 0.138 e. The Labute approximate surface area is 139 Å². The van der Waals surface area contributed by atoms with Gasteiger partial charge in [-0.2, -0.15) is 0 Å². The van der Waals surface area contributed by atoms with E-state index in [1.165, 1.54) is 16.7 Å². The second-order valence-corrected chi connectivity index (χ2v) is 6.79. The lowest BCUT2D eigenvalue weighted by atomic mass is 10.0. The fourth-order valence-corrected chi connectivity index (χ4v) is 3.89. The Morgan fingerprint density at radius 2 is 2.13 bits per heavy atom. The molecule has 4 nitrogen and oxygen atoms in total. The van der Waals surface area contributed by atoms with E-state index in [4.69, 9.17) is 4.74 Å². The minimum atomic E-state index is 0.293. The van der Waals surface area contributed by atoms with Gasteiger partial charge in [0.2, 0.25) is 0 Å². The molecule has 2 aromatic heterocycles. The summed E-state index contributed by atoms with van der Waals surface area (Å²) in [6.07, 6.45) is 4.20. The SMILES string of the molecule is Cc1ccc(-c2csc3ncnc(NC[C@H]4CCCO4)c23)cc1. The smallest absolute Gasteiger partial charge is 0.138 e. The number of aromatic nitrogens is 2. The summed E-state index contributed by atoms with van der Waals surface area (Å²) in [5.41, 5.74) is 3.67. The molecule has 0 spiro atoms. The van der Waals surface area contributed by atoms with Crippen molar-refractivity contribution < 1.29 is 4.74 Å². The molecule has 1 fully saturated rings. The van der Waals surface area contributed by atoms with Crippen LogP contribution < -0.4 is 5.32 Å². The summed E-state index contributed by atoms with van der Waals surface area (Å²) in [6, 6.07) is 8.60. The number of ether oxygens (including phenoxy) is 1. The summed E-state index contributed by atoms with van der Waals surface area (Å²) in [6.45, 7) is 3.78. The van der Waals surface area contributed by atoms with Gasteiger partial charge in [0.1, 0.15) is 17.0 Å². The zero-order valence-electron chi connectivity index (χ0n) is 13.1. The molecule has 3 heterocycles. The first-order valence-corrected chi connectivity index (χ1v) is 8.84. The molecule has 0 aliphatic carbocycles. The number of nitrogens with one attached hydrogen (secondary N) is 1. The summed E-state index contributed by atoms with van der Waals surface area (Å²) in [7, 11) is 0. The molecule has 0 saturated carbocycles. The minimum absolute atomic E-state index is 0.293. The molecule has 0 unspecified atom stereocenters. The zero-order valence-corrected chi connectivity index (χ0v) is 13.9. The van der Waals surface area contributed by atoms with Crippen LogP contribution in [0.4, 0.5) is 5.82 Å². The van der Waals surface area contributed by atoms with E-state index in [1.54, 1.807) is 17.7 Å². The molecule has 1 N–H and O–H groups in total. The second-order valence-electron chi connectivity index (χ2n) is 5.93. The molecular weight excluding hydrogens is 306 g/mol. The highest BCUT2D eigenvalue weighted by molar-refractivity contribution is 7.17. The van der Waals surface area contributed by atoms with Crippen LogP contribution in [0, 0.1) is 6.92 Å². The van der Waals surface area contributed by atoms with Crippen LogP contribution in [0.5, 0.6) is 0 Å². The van der Waals surface area contributed by atoms with Crippen LogP contribution in [0.15, 0.2) is 36.0 Å². The van der Waals surface area contributed by atoms with Gasteiger partial charge in [-0.1, -0.05) is 29.8 Å². The van der Waals surface area contributed by atoms with Gasteiger partial charge < -0.3 is 10.1 Å². The van der Waals surface area contributed by atoms with Crippen molar-refractivity contribution >= 4 is 27.4 Å². The van der Waals surface area contributed by atoms with Gasteiger partial charge in [0.25, 0.3) is 0 Å². The standard InChI is InChI=1S/C18H19N3OS/c1-12-4-6-13(7-5-12)15-10-23-18-16(15)17(20-11-21-18)19-9-14-3-2-8-22-14/h4-7,10-11,14H,2-3,8-9H2,1H3,(H,19,20,21)/t14-/m1/s1. The molecule has 1 saturated heterocycles. The quantitative estimate of drug-likeness (QED) is 0.778. The van der Waals surface area contributed by atoms with Crippen molar-refractivity contribution in [3.8, 4) is 11.1 Å². The van der Waals surface area contributed by atoms with E-state index >= 15 is 0 Å². The Hall–Kier alpha value is -1.98.